The number of amides is 1. The van der Waals surface area contributed by atoms with Gasteiger partial charge < -0.3 is 25.8 Å². The van der Waals surface area contributed by atoms with E-state index in [0.717, 1.165) is 15.6 Å². The second kappa shape index (κ2) is 12.5. The second-order valence-corrected chi connectivity index (χ2v) is 7.68. The van der Waals surface area contributed by atoms with Gasteiger partial charge in [0.1, 0.15) is 6.61 Å². The Morgan fingerprint density at radius 1 is 1.25 bits per heavy atom. The van der Waals surface area contributed by atoms with E-state index in [1.807, 2.05) is 36.4 Å². The van der Waals surface area contributed by atoms with Gasteiger partial charge in [0.05, 0.1) is 11.6 Å². The molecule has 1 heterocycles. The molecule has 0 radical (unpaired) electrons. The molecule has 0 bridgehead atoms. The van der Waals surface area contributed by atoms with Crippen LogP contribution in [0.15, 0.2) is 45.5 Å². The van der Waals surface area contributed by atoms with Crippen LogP contribution < -0.4 is 25.8 Å². The molecule has 0 aliphatic rings. The highest BCUT2D eigenvalue weighted by Gasteiger charge is 2.15. The van der Waals surface area contributed by atoms with Crippen LogP contribution in [-0.2, 0) is 13.2 Å². The number of ether oxygens (including phenoxy) is 2. The summed E-state index contributed by atoms with van der Waals surface area (Å²) in [7, 11) is 1.58. The minimum absolute atomic E-state index is 0. The minimum atomic E-state index is -0.440. The number of rotatable bonds is 10. The molecule has 3 rings (SSSR count). The number of nitrogen functional groups attached to an aromatic ring is 1. The Morgan fingerprint density at radius 2 is 2.03 bits per heavy atom. The number of benzene rings is 2. The Labute approximate surface area is 204 Å². The predicted molar refractivity (Wildman–Crippen MR) is 126 cm³/mol. The molecule has 0 atom stereocenters. The van der Waals surface area contributed by atoms with Gasteiger partial charge in [-0.2, -0.15) is 0 Å². The van der Waals surface area contributed by atoms with Gasteiger partial charge in [-0.05, 0) is 50.0 Å². The first-order valence-electron chi connectivity index (χ1n) is 9.29. The van der Waals surface area contributed by atoms with Crippen LogP contribution in [0.1, 0.15) is 21.6 Å². The van der Waals surface area contributed by atoms with Crippen molar-refractivity contribution in [1.29, 1.82) is 0 Å². The van der Waals surface area contributed by atoms with Crippen molar-refractivity contribution < 1.29 is 18.9 Å². The lowest BCUT2D eigenvalue weighted by Gasteiger charge is -2.15. The fourth-order valence-electron chi connectivity index (χ4n) is 2.71. The molecular formula is C20H22BrCl2N5O4. The molecule has 172 valence electrons. The smallest absolute Gasteiger partial charge is 0.277 e. The van der Waals surface area contributed by atoms with Gasteiger partial charge in [0, 0.05) is 30.2 Å². The number of nitrogens with zero attached hydrogens (tertiary/aromatic N) is 2. The number of halogens is 3. The molecular weight excluding hydrogens is 525 g/mol. The van der Waals surface area contributed by atoms with Crippen LogP contribution in [0, 0.1) is 0 Å². The molecule has 0 saturated heterocycles. The Morgan fingerprint density at radius 3 is 2.72 bits per heavy atom. The number of anilines is 1. The zero-order valence-corrected chi connectivity index (χ0v) is 20.2. The number of nitrogens with two attached hydrogens (primary N) is 1. The van der Waals surface area contributed by atoms with Gasteiger partial charge in [-0.25, -0.2) is 4.63 Å². The number of carbonyl (C=O) groups is 1. The lowest BCUT2D eigenvalue weighted by Crippen LogP contribution is -2.32. The van der Waals surface area contributed by atoms with E-state index < -0.39 is 5.91 Å². The van der Waals surface area contributed by atoms with Crippen molar-refractivity contribution in [3.8, 4) is 11.5 Å². The summed E-state index contributed by atoms with van der Waals surface area (Å²) in [4.78, 5) is 11.9. The Kier molecular flexibility index (Phi) is 10.0. The van der Waals surface area contributed by atoms with Crippen LogP contribution in [0.25, 0.3) is 0 Å². The van der Waals surface area contributed by atoms with Crippen molar-refractivity contribution in [3.05, 3.63) is 62.7 Å². The van der Waals surface area contributed by atoms with Crippen molar-refractivity contribution in [2.24, 2.45) is 0 Å². The molecule has 0 aliphatic heterocycles. The number of aromatic nitrogens is 2. The SMILES string of the molecule is COc1cc(CNCCNC(=O)c2nonc2N)cc(Br)c1OCc1ccccc1Cl.Cl. The number of carbonyl (C=O) groups excluding carboxylic acids is 1. The zero-order valence-electron chi connectivity index (χ0n) is 17.1. The normalized spacial score (nSPS) is 10.3. The molecule has 1 amide bonds. The maximum atomic E-state index is 11.9. The van der Waals surface area contributed by atoms with E-state index in [0.29, 0.717) is 42.8 Å². The summed E-state index contributed by atoms with van der Waals surface area (Å²) in [5.74, 6) is 0.710. The molecule has 0 fully saturated rings. The lowest BCUT2D eigenvalue weighted by molar-refractivity contribution is 0.0944. The topological polar surface area (TPSA) is 125 Å². The third kappa shape index (κ3) is 6.73. The quantitative estimate of drug-likeness (QED) is 0.329. The monoisotopic (exact) mass is 545 g/mol. The molecule has 9 nitrogen and oxygen atoms in total. The Hall–Kier alpha value is -2.53. The molecule has 0 aliphatic carbocycles. The third-order valence-electron chi connectivity index (χ3n) is 4.26. The summed E-state index contributed by atoms with van der Waals surface area (Å²) < 4.78 is 16.6. The predicted octanol–water partition coefficient (Wildman–Crippen LogP) is 3.60. The van der Waals surface area contributed by atoms with Gasteiger partial charge in [-0.15, -0.1) is 12.4 Å². The van der Waals surface area contributed by atoms with E-state index in [2.05, 4.69) is 41.5 Å². The maximum absolute atomic E-state index is 11.9. The summed E-state index contributed by atoms with van der Waals surface area (Å²) in [5.41, 5.74) is 7.32. The summed E-state index contributed by atoms with van der Waals surface area (Å²) in [6, 6.07) is 11.3. The summed E-state index contributed by atoms with van der Waals surface area (Å²) in [6.45, 7) is 1.78. The van der Waals surface area contributed by atoms with E-state index in [-0.39, 0.29) is 23.9 Å². The zero-order chi connectivity index (χ0) is 22.2. The van der Waals surface area contributed by atoms with Gasteiger partial charge >= 0.3 is 0 Å². The molecule has 1 aromatic heterocycles. The molecule has 2 aromatic carbocycles. The number of nitrogens with one attached hydrogen (secondary N) is 2. The van der Waals surface area contributed by atoms with Crippen LogP contribution >= 0.6 is 39.9 Å². The third-order valence-corrected chi connectivity index (χ3v) is 5.22. The van der Waals surface area contributed by atoms with Gasteiger partial charge in [-0.3, -0.25) is 4.79 Å². The van der Waals surface area contributed by atoms with Crippen LogP contribution in [-0.4, -0.2) is 36.4 Å². The first-order valence-corrected chi connectivity index (χ1v) is 10.5. The van der Waals surface area contributed by atoms with Crippen molar-refractivity contribution in [2.75, 3.05) is 25.9 Å². The first kappa shape index (κ1) is 25.7. The van der Waals surface area contributed by atoms with Crippen LogP contribution in [0.2, 0.25) is 5.02 Å². The van der Waals surface area contributed by atoms with E-state index in [9.17, 15) is 4.79 Å². The van der Waals surface area contributed by atoms with Crippen molar-refractivity contribution >= 4 is 51.7 Å². The average Bonchev–Trinajstić information content (AvgIpc) is 3.19. The Bertz CT molecular complexity index is 1050. The number of methoxy groups -OCH3 is 1. The molecule has 0 spiro atoms. The van der Waals surface area contributed by atoms with Gasteiger partial charge in [0.25, 0.3) is 5.91 Å². The lowest BCUT2D eigenvalue weighted by atomic mass is 10.2. The Balaban J connectivity index is 0.00000363. The molecule has 32 heavy (non-hydrogen) atoms. The minimum Gasteiger partial charge on any atom is -0.493 e. The second-order valence-electron chi connectivity index (χ2n) is 6.42. The molecule has 4 N–H and O–H groups in total. The largest absolute Gasteiger partial charge is 0.493 e. The molecule has 3 aromatic rings. The highest BCUT2D eigenvalue weighted by Crippen LogP contribution is 2.37. The molecule has 0 saturated carbocycles. The molecule has 12 heteroatoms. The van der Waals surface area contributed by atoms with Crippen molar-refractivity contribution in [1.82, 2.24) is 20.9 Å². The summed E-state index contributed by atoms with van der Waals surface area (Å²) in [5, 5.41) is 13.4. The van der Waals surface area contributed by atoms with Crippen molar-refractivity contribution in [3.63, 3.8) is 0 Å². The highest BCUT2D eigenvalue weighted by molar-refractivity contribution is 9.10. The highest BCUT2D eigenvalue weighted by atomic mass is 79.9. The summed E-state index contributed by atoms with van der Waals surface area (Å²) >= 11 is 9.74. The number of hydrogen-bond acceptors (Lipinski definition) is 8. The standard InChI is InChI=1S/C20H21BrClN5O4.ClH/c1-29-16-9-12(10-24-6-7-25-20(28)17-19(23)27-31-26-17)8-14(21)18(16)30-11-13-4-2-3-5-15(13)22;/h2-5,8-9,24H,6-7,10-11H2,1H3,(H2,23,27)(H,25,28);1H. The molecule has 0 unspecified atom stereocenters. The van der Waals surface area contributed by atoms with E-state index in [1.165, 1.54) is 0 Å². The summed E-state index contributed by atoms with van der Waals surface area (Å²) in [6.07, 6.45) is 0. The van der Waals surface area contributed by atoms with Crippen molar-refractivity contribution in [2.45, 2.75) is 13.2 Å². The first-order chi connectivity index (χ1) is 15.0. The van der Waals surface area contributed by atoms with Gasteiger partial charge in [0.15, 0.2) is 11.5 Å². The van der Waals surface area contributed by atoms with Gasteiger partial charge in [0.2, 0.25) is 11.5 Å². The van der Waals surface area contributed by atoms with E-state index in [4.69, 9.17) is 26.8 Å². The fourth-order valence-corrected chi connectivity index (χ4v) is 3.51. The van der Waals surface area contributed by atoms with E-state index in [1.54, 1.807) is 7.11 Å². The van der Waals surface area contributed by atoms with Crippen LogP contribution in [0.5, 0.6) is 11.5 Å². The van der Waals surface area contributed by atoms with Crippen LogP contribution in [0.3, 0.4) is 0 Å². The van der Waals surface area contributed by atoms with Gasteiger partial charge in [-0.1, -0.05) is 29.8 Å². The fraction of sp³-hybridized carbons (Fsp3) is 0.250. The number of hydrogen-bond donors (Lipinski definition) is 3. The maximum Gasteiger partial charge on any atom is 0.277 e. The van der Waals surface area contributed by atoms with E-state index >= 15 is 0 Å². The average molecular weight is 547 g/mol. The van der Waals surface area contributed by atoms with Crippen LogP contribution in [0.4, 0.5) is 5.82 Å².